The maximum absolute atomic E-state index is 6.26. The standard InChI is InChI=1S/C18H29NO/c1-14(2)17-7-9-18(13-19,10-8-17)20-12-16-6-4-5-15(3)11-16/h4-6,11,14,17H,7-10,12-13,19H2,1-3H3. The molecule has 1 aromatic carbocycles. The van der Waals surface area contributed by atoms with Crippen LogP contribution in [-0.2, 0) is 11.3 Å². The second-order valence-corrected chi connectivity index (χ2v) is 6.75. The number of hydrogen-bond acceptors (Lipinski definition) is 2. The zero-order chi connectivity index (χ0) is 14.6. The third-order valence-electron chi connectivity index (χ3n) is 4.88. The Balaban J connectivity index is 1.92. The number of hydrogen-bond donors (Lipinski definition) is 1. The number of nitrogens with two attached hydrogens (primary N) is 1. The first-order valence-corrected chi connectivity index (χ1v) is 7.94. The van der Waals surface area contributed by atoms with Crippen LogP contribution in [0.2, 0.25) is 0 Å². The van der Waals surface area contributed by atoms with Crippen molar-refractivity contribution >= 4 is 0 Å². The van der Waals surface area contributed by atoms with E-state index in [0.717, 1.165) is 24.7 Å². The zero-order valence-electron chi connectivity index (χ0n) is 13.2. The van der Waals surface area contributed by atoms with Gasteiger partial charge in [0.25, 0.3) is 0 Å². The predicted octanol–water partition coefficient (Wildman–Crippen LogP) is 4.06. The number of aryl methyl sites for hydroxylation is 1. The van der Waals surface area contributed by atoms with Crippen LogP contribution < -0.4 is 5.73 Å². The molecule has 0 radical (unpaired) electrons. The summed E-state index contributed by atoms with van der Waals surface area (Å²) in [7, 11) is 0. The third-order valence-corrected chi connectivity index (χ3v) is 4.88. The fraction of sp³-hybridized carbons (Fsp3) is 0.667. The molecule has 2 N–H and O–H groups in total. The van der Waals surface area contributed by atoms with Crippen LogP contribution in [0, 0.1) is 18.8 Å². The summed E-state index contributed by atoms with van der Waals surface area (Å²) in [5.41, 5.74) is 8.48. The maximum atomic E-state index is 6.26. The van der Waals surface area contributed by atoms with Gasteiger partial charge in [0.1, 0.15) is 0 Å². The minimum absolute atomic E-state index is 0.0882. The lowest BCUT2D eigenvalue weighted by Crippen LogP contribution is -2.44. The first-order valence-electron chi connectivity index (χ1n) is 7.94. The maximum Gasteiger partial charge on any atom is 0.0808 e. The summed E-state index contributed by atoms with van der Waals surface area (Å²) in [5, 5.41) is 0. The molecule has 1 saturated carbocycles. The Bertz CT molecular complexity index is 419. The van der Waals surface area contributed by atoms with Gasteiger partial charge in [-0.25, -0.2) is 0 Å². The Hall–Kier alpha value is -0.860. The Morgan fingerprint density at radius 3 is 2.55 bits per heavy atom. The number of benzene rings is 1. The lowest BCUT2D eigenvalue weighted by molar-refractivity contribution is -0.0841. The van der Waals surface area contributed by atoms with Crippen molar-refractivity contribution in [2.24, 2.45) is 17.6 Å². The summed E-state index contributed by atoms with van der Waals surface area (Å²) in [6.07, 6.45) is 4.72. The predicted molar refractivity (Wildman–Crippen MR) is 84.5 cm³/mol. The van der Waals surface area contributed by atoms with Crippen LogP contribution in [0.3, 0.4) is 0 Å². The smallest absolute Gasteiger partial charge is 0.0808 e. The van der Waals surface area contributed by atoms with Crippen molar-refractivity contribution in [2.75, 3.05) is 6.54 Å². The molecule has 1 aliphatic rings. The molecule has 1 aliphatic carbocycles. The normalized spacial score (nSPS) is 26.9. The van der Waals surface area contributed by atoms with Gasteiger partial charge < -0.3 is 10.5 Å². The first kappa shape index (κ1) is 15.5. The largest absolute Gasteiger partial charge is 0.369 e. The summed E-state index contributed by atoms with van der Waals surface area (Å²) in [6, 6.07) is 8.55. The minimum Gasteiger partial charge on any atom is -0.369 e. The van der Waals surface area contributed by atoms with E-state index in [-0.39, 0.29) is 5.60 Å². The molecular formula is C18H29NO. The SMILES string of the molecule is Cc1cccc(COC2(CN)CCC(C(C)C)CC2)c1. The van der Waals surface area contributed by atoms with Crippen LogP contribution in [0.5, 0.6) is 0 Å². The van der Waals surface area contributed by atoms with Crippen LogP contribution in [0.15, 0.2) is 24.3 Å². The van der Waals surface area contributed by atoms with Gasteiger partial charge in [-0.05, 0) is 50.0 Å². The van der Waals surface area contributed by atoms with E-state index in [0.29, 0.717) is 13.2 Å². The molecule has 0 heterocycles. The molecule has 2 rings (SSSR count). The fourth-order valence-corrected chi connectivity index (χ4v) is 3.28. The van der Waals surface area contributed by atoms with Gasteiger partial charge in [0, 0.05) is 6.54 Å². The quantitative estimate of drug-likeness (QED) is 0.879. The van der Waals surface area contributed by atoms with Crippen LogP contribution >= 0.6 is 0 Å². The molecule has 0 spiro atoms. The van der Waals surface area contributed by atoms with E-state index in [9.17, 15) is 0 Å². The Morgan fingerprint density at radius 1 is 1.30 bits per heavy atom. The lowest BCUT2D eigenvalue weighted by atomic mass is 9.74. The van der Waals surface area contributed by atoms with Gasteiger partial charge in [-0.3, -0.25) is 0 Å². The second-order valence-electron chi connectivity index (χ2n) is 6.75. The average molecular weight is 275 g/mol. The van der Waals surface area contributed by atoms with Gasteiger partial charge in [0.05, 0.1) is 12.2 Å². The van der Waals surface area contributed by atoms with E-state index in [4.69, 9.17) is 10.5 Å². The Kier molecular flexibility index (Phi) is 5.22. The monoisotopic (exact) mass is 275 g/mol. The highest BCUT2D eigenvalue weighted by molar-refractivity contribution is 5.21. The van der Waals surface area contributed by atoms with E-state index in [1.807, 2.05) is 0 Å². The fourth-order valence-electron chi connectivity index (χ4n) is 3.28. The second kappa shape index (κ2) is 6.73. The molecule has 0 saturated heterocycles. The number of ether oxygens (including phenoxy) is 1. The summed E-state index contributed by atoms with van der Waals surface area (Å²) >= 11 is 0. The van der Waals surface area contributed by atoms with Crippen molar-refractivity contribution < 1.29 is 4.74 Å². The average Bonchev–Trinajstić information content (AvgIpc) is 2.45. The topological polar surface area (TPSA) is 35.2 Å². The highest BCUT2D eigenvalue weighted by Gasteiger charge is 2.35. The zero-order valence-corrected chi connectivity index (χ0v) is 13.2. The lowest BCUT2D eigenvalue weighted by Gasteiger charge is -2.40. The van der Waals surface area contributed by atoms with E-state index < -0.39 is 0 Å². The van der Waals surface area contributed by atoms with Crippen molar-refractivity contribution in [1.29, 1.82) is 0 Å². The highest BCUT2D eigenvalue weighted by Crippen LogP contribution is 2.38. The summed E-state index contributed by atoms with van der Waals surface area (Å²) in [5.74, 6) is 1.62. The molecule has 0 bridgehead atoms. The molecule has 112 valence electrons. The highest BCUT2D eigenvalue weighted by atomic mass is 16.5. The number of rotatable bonds is 5. The van der Waals surface area contributed by atoms with Gasteiger partial charge in [0.15, 0.2) is 0 Å². The van der Waals surface area contributed by atoms with Crippen molar-refractivity contribution in [1.82, 2.24) is 0 Å². The van der Waals surface area contributed by atoms with E-state index in [1.54, 1.807) is 0 Å². The molecule has 0 amide bonds. The molecule has 0 aromatic heterocycles. The van der Waals surface area contributed by atoms with Crippen molar-refractivity contribution in [3.63, 3.8) is 0 Å². The third kappa shape index (κ3) is 3.83. The molecule has 0 atom stereocenters. The molecule has 0 aliphatic heterocycles. The van der Waals surface area contributed by atoms with Crippen molar-refractivity contribution in [2.45, 2.75) is 58.7 Å². The molecule has 2 heteroatoms. The van der Waals surface area contributed by atoms with Crippen LogP contribution in [0.25, 0.3) is 0 Å². The Labute approximate surface area is 123 Å². The van der Waals surface area contributed by atoms with E-state index in [2.05, 4.69) is 45.0 Å². The van der Waals surface area contributed by atoms with Crippen molar-refractivity contribution in [3.8, 4) is 0 Å². The van der Waals surface area contributed by atoms with Gasteiger partial charge in [-0.1, -0.05) is 43.7 Å². The summed E-state index contributed by atoms with van der Waals surface area (Å²) in [6.45, 7) is 8.10. The van der Waals surface area contributed by atoms with E-state index >= 15 is 0 Å². The van der Waals surface area contributed by atoms with Gasteiger partial charge in [-0.2, -0.15) is 0 Å². The minimum atomic E-state index is -0.0882. The Morgan fingerprint density at radius 2 is 2.00 bits per heavy atom. The van der Waals surface area contributed by atoms with E-state index in [1.165, 1.54) is 24.0 Å². The van der Waals surface area contributed by atoms with Crippen LogP contribution in [0.4, 0.5) is 0 Å². The summed E-state index contributed by atoms with van der Waals surface area (Å²) < 4.78 is 6.26. The first-order chi connectivity index (χ1) is 9.54. The molecule has 0 unspecified atom stereocenters. The summed E-state index contributed by atoms with van der Waals surface area (Å²) in [4.78, 5) is 0. The molecule has 1 fully saturated rings. The van der Waals surface area contributed by atoms with Gasteiger partial charge in [-0.15, -0.1) is 0 Å². The molecule has 2 nitrogen and oxygen atoms in total. The van der Waals surface area contributed by atoms with Gasteiger partial charge >= 0.3 is 0 Å². The van der Waals surface area contributed by atoms with Crippen LogP contribution in [0.1, 0.15) is 50.7 Å². The molecule has 20 heavy (non-hydrogen) atoms. The molecular weight excluding hydrogens is 246 g/mol. The van der Waals surface area contributed by atoms with Crippen LogP contribution in [-0.4, -0.2) is 12.1 Å². The molecule has 1 aromatic rings. The van der Waals surface area contributed by atoms with Gasteiger partial charge in [0.2, 0.25) is 0 Å². The van der Waals surface area contributed by atoms with Crippen molar-refractivity contribution in [3.05, 3.63) is 35.4 Å².